The Morgan fingerprint density at radius 1 is 1.56 bits per heavy atom. The highest BCUT2D eigenvalue weighted by Gasteiger charge is 2.29. The first kappa shape index (κ1) is 13.1. The number of nitrogens with two attached hydrogens (primary N) is 2. The number of rotatable bonds is 4. The Morgan fingerprint density at radius 3 is 2.94 bits per heavy atom. The lowest BCUT2D eigenvalue weighted by molar-refractivity contribution is 0.100. The molecule has 98 valence electrons. The maximum Gasteiger partial charge on any atom is 0.250 e. The van der Waals surface area contributed by atoms with Gasteiger partial charge >= 0.3 is 0 Å². The molecule has 5 N–H and O–H groups in total. The van der Waals surface area contributed by atoms with Gasteiger partial charge in [0.25, 0.3) is 5.91 Å². The van der Waals surface area contributed by atoms with Crippen molar-refractivity contribution in [2.75, 3.05) is 23.3 Å². The number of amides is 1. The number of benzene rings is 1. The normalized spacial score (nSPS) is 22.9. The summed E-state index contributed by atoms with van der Waals surface area (Å²) in [6.45, 7) is 3.03. The summed E-state index contributed by atoms with van der Waals surface area (Å²) in [5, 5.41) is 3.30. The van der Waals surface area contributed by atoms with Gasteiger partial charge in [0.15, 0.2) is 0 Å². The quantitative estimate of drug-likeness (QED) is 0.728. The molecule has 1 amide bonds. The van der Waals surface area contributed by atoms with E-state index in [0.717, 1.165) is 6.54 Å². The van der Waals surface area contributed by atoms with Crippen molar-refractivity contribution in [1.82, 2.24) is 0 Å². The highest BCUT2D eigenvalue weighted by atomic mass is 32.2. The molecule has 1 aliphatic rings. The van der Waals surface area contributed by atoms with Crippen LogP contribution in [0.3, 0.4) is 0 Å². The SMILES string of the molecule is CC1(CNc2c(N)cccc2C(N)=O)CCCS1. The van der Waals surface area contributed by atoms with Crippen molar-refractivity contribution in [2.24, 2.45) is 5.73 Å². The zero-order chi connectivity index (χ0) is 13.2. The number of thioether (sulfide) groups is 1. The van der Waals surface area contributed by atoms with Crippen LogP contribution in [0.5, 0.6) is 0 Å². The monoisotopic (exact) mass is 265 g/mol. The zero-order valence-corrected chi connectivity index (χ0v) is 11.3. The van der Waals surface area contributed by atoms with E-state index in [2.05, 4.69) is 12.2 Å². The summed E-state index contributed by atoms with van der Waals surface area (Å²) in [4.78, 5) is 11.4. The molecule has 0 spiro atoms. The lowest BCUT2D eigenvalue weighted by Crippen LogP contribution is -2.28. The van der Waals surface area contributed by atoms with E-state index in [0.29, 0.717) is 16.9 Å². The van der Waals surface area contributed by atoms with Crippen LogP contribution in [0.2, 0.25) is 0 Å². The molecule has 0 aliphatic carbocycles. The fourth-order valence-corrected chi connectivity index (χ4v) is 3.47. The van der Waals surface area contributed by atoms with Crippen LogP contribution in [0.15, 0.2) is 18.2 Å². The maximum absolute atomic E-state index is 11.4. The van der Waals surface area contributed by atoms with E-state index in [4.69, 9.17) is 11.5 Å². The van der Waals surface area contributed by atoms with Gasteiger partial charge in [0.2, 0.25) is 0 Å². The van der Waals surface area contributed by atoms with Crippen LogP contribution >= 0.6 is 11.8 Å². The number of nitrogen functional groups attached to an aromatic ring is 1. The van der Waals surface area contributed by atoms with E-state index < -0.39 is 5.91 Å². The molecule has 1 fully saturated rings. The Kier molecular flexibility index (Phi) is 3.71. The molecule has 1 aromatic carbocycles. The van der Waals surface area contributed by atoms with Gasteiger partial charge < -0.3 is 16.8 Å². The van der Waals surface area contributed by atoms with Gasteiger partial charge in [0, 0.05) is 11.3 Å². The lowest BCUT2D eigenvalue weighted by Gasteiger charge is -2.24. The van der Waals surface area contributed by atoms with Gasteiger partial charge in [-0.1, -0.05) is 6.07 Å². The van der Waals surface area contributed by atoms with Crippen molar-refractivity contribution < 1.29 is 4.79 Å². The molecule has 0 bridgehead atoms. The first-order valence-corrected chi connectivity index (χ1v) is 7.06. The molecule has 2 rings (SSSR count). The zero-order valence-electron chi connectivity index (χ0n) is 10.5. The average Bonchev–Trinajstić information content (AvgIpc) is 2.74. The third-order valence-electron chi connectivity index (χ3n) is 3.30. The van der Waals surface area contributed by atoms with Crippen molar-refractivity contribution >= 4 is 29.0 Å². The Labute approximate surface area is 111 Å². The number of hydrogen-bond acceptors (Lipinski definition) is 4. The molecule has 1 aromatic rings. The summed E-state index contributed by atoms with van der Waals surface area (Å²) in [5.41, 5.74) is 13.0. The van der Waals surface area contributed by atoms with Crippen LogP contribution in [-0.2, 0) is 0 Å². The Balaban J connectivity index is 2.15. The van der Waals surface area contributed by atoms with E-state index in [1.807, 2.05) is 11.8 Å². The maximum atomic E-state index is 11.4. The molecule has 5 heteroatoms. The van der Waals surface area contributed by atoms with Crippen LogP contribution in [0, 0.1) is 0 Å². The summed E-state index contributed by atoms with van der Waals surface area (Å²) in [7, 11) is 0. The summed E-state index contributed by atoms with van der Waals surface area (Å²) in [6.07, 6.45) is 2.43. The van der Waals surface area contributed by atoms with Crippen LogP contribution in [0.25, 0.3) is 0 Å². The number of hydrogen-bond donors (Lipinski definition) is 3. The lowest BCUT2D eigenvalue weighted by atomic mass is 10.0. The van der Waals surface area contributed by atoms with E-state index in [-0.39, 0.29) is 4.75 Å². The molecule has 1 aliphatic heterocycles. The van der Waals surface area contributed by atoms with Crippen LogP contribution in [0.1, 0.15) is 30.1 Å². The predicted octanol–water partition coefficient (Wildman–Crippen LogP) is 2.07. The molecule has 18 heavy (non-hydrogen) atoms. The number of carbonyl (C=O) groups excluding carboxylic acids is 1. The molecular weight excluding hydrogens is 246 g/mol. The van der Waals surface area contributed by atoms with Crippen molar-refractivity contribution in [3.8, 4) is 0 Å². The smallest absolute Gasteiger partial charge is 0.250 e. The molecule has 0 aromatic heterocycles. The van der Waals surface area contributed by atoms with E-state index in [1.165, 1.54) is 18.6 Å². The van der Waals surface area contributed by atoms with E-state index in [9.17, 15) is 4.79 Å². The molecule has 4 nitrogen and oxygen atoms in total. The largest absolute Gasteiger partial charge is 0.397 e. The number of anilines is 2. The van der Waals surface area contributed by atoms with E-state index in [1.54, 1.807) is 18.2 Å². The third kappa shape index (κ3) is 2.72. The Morgan fingerprint density at radius 2 is 2.33 bits per heavy atom. The minimum Gasteiger partial charge on any atom is -0.397 e. The van der Waals surface area contributed by atoms with Crippen molar-refractivity contribution in [3.05, 3.63) is 23.8 Å². The summed E-state index contributed by atoms with van der Waals surface area (Å²) in [6, 6.07) is 5.22. The first-order chi connectivity index (χ1) is 8.52. The molecule has 1 heterocycles. The van der Waals surface area contributed by atoms with Crippen LogP contribution in [-0.4, -0.2) is 23.0 Å². The highest BCUT2D eigenvalue weighted by molar-refractivity contribution is 8.00. The third-order valence-corrected chi connectivity index (χ3v) is 4.84. The van der Waals surface area contributed by atoms with Gasteiger partial charge in [-0.25, -0.2) is 0 Å². The average molecular weight is 265 g/mol. The molecule has 1 saturated heterocycles. The van der Waals surface area contributed by atoms with Gasteiger partial charge in [-0.15, -0.1) is 0 Å². The Bertz CT molecular complexity index is 456. The van der Waals surface area contributed by atoms with Gasteiger partial charge in [0.05, 0.1) is 16.9 Å². The number of carbonyl (C=O) groups is 1. The van der Waals surface area contributed by atoms with Crippen LogP contribution < -0.4 is 16.8 Å². The second-order valence-corrected chi connectivity index (χ2v) is 6.57. The summed E-state index contributed by atoms with van der Waals surface area (Å²) in [5.74, 6) is 0.750. The highest BCUT2D eigenvalue weighted by Crippen LogP contribution is 2.38. The van der Waals surface area contributed by atoms with Crippen molar-refractivity contribution in [2.45, 2.75) is 24.5 Å². The van der Waals surface area contributed by atoms with Gasteiger partial charge in [0.1, 0.15) is 0 Å². The second-order valence-electron chi connectivity index (χ2n) is 4.89. The summed E-state index contributed by atoms with van der Waals surface area (Å²) < 4.78 is 0.219. The van der Waals surface area contributed by atoms with Gasteiger partial charge in [-0.3, -0.25) is 4.79 Å². The minimum atomic E-state index is -0.450. The molecular formula is C13H19N3OS. The fourth-order valence-electron chi connectivity index (χ4n) is 2.22. The van der Waals surface area contributed by atoms with Gasteiger partial charge in [-0.05, 0) is 37.7 Å². The van der Waals surface area contributed by atoms with Gasteiger partial charge in [-0.2, -0.15) is 11.8 Å². The second kappa shape index (κ2) is 5.10. The number of para-hydroxylation sites is 1. The first-order valence-electron chi connectivity index (χ1n) is 6.08. The van der Waals surface area contributed by atoms with E-state index >= 15 is 0 Å². The number of nitrogens with one attached hydrogen (secondary N) is 1. The predicted molar refractivity (Wildman–Crippen MR) is 78.0 cm³/mol. The number of primary amides is 1. The minimum absolute atomic E-state index is 0.219. The van der Waals surface area contributed by atoms with Crippen molar-refractivity contribution in [1.29, 1.82) is 0 Å². The summed E-state index contributed by atoms with van der Waals surface area (Å²) >= 11 is 1.96. The molecule has 0 saturated carbocycles. The standard InChI is InChI=1S/C13H19N3OS/c1-13(6-3-7-18-13)8-16-11-9(12(15)17)4-2-5-10(11)14/h2,4-5,16H,3,6-8,14H2,1H3,(H2,15,17). The van der Waals surface area contributed by atoms with Crippen molar-refractivity contribution in [3.63, 3.8) is 0 Å². The molecule has 0 radical (unpaired) electrons. The molecule has 1 atom stereocenters. The van der Waals surface area contributed by atoms with Crippen LogP contribution in [0.4, 0.5) is 11.4 Å². The molecule has 1 unspecified atom stereocenters. The fraction of sp³-hybridized carbons (Fsp3) is 0.462. The Hall–Kier alpha value is -1.36. The topological polar surface area (TPSA) is 81.1 Å².